The lowest BCUT2D eigenvalue weighted by molar-refractivity contribution is 0.319. The van der Waals surface area contributed by atoms with Crippen LogP contribution in [-0.4, -0.2) is 17.8 Å². The fraction of sp³-hybridized carbons (Fsp3) is 0.562. The zero-order valence-corrected chi connectivity index (χ0v) is 13.0. The summed E-state index contributed by atoms with van der Waals surface area (Å²) in [5.41, 5.74) is 0.939. The second-order valence-corrected chi connectivity index (χ2v) is 5.69. The fourth-order valence-corrected chi connectivity index (χ4v) is 2.78. The minimum atomic E-state index is 0.521. The molecule has 0 unspecified atom stereocenters. The maximum atomic E-state index is 5.73. The Labute approximate surface area is 127 Å². The number of nitrogens with one attached hydrogen (secondary N) is 2. The van der Waals surface area contributed by atoms with Gasteiger partial charge in [-0.15, -0.1) is 0 Å². The molecule has 3 nitrogen and oxygen atoms in total. The summed E-state index contributed by atoms with van der Waals surface area (Å²) in [5.74, 6) is 0.863. The standard InChI is InChI=1S/C16H24N2OS/c1-2-12-19-15-11-7-6-10-14(15)18-16(20)17-13-8-4-3-5-9-13/h6-7,10-11,13H,2-5,8-9,12H2,1H3,(H2,17,18,20). The molecule has 2 rings (SSSR count). The molecular weight excluding hydrogens is 268 g/mol. The SMILES string of the molecule is CCCOc1ccccc1NC(=S)NC1CCCCC1. The van der Waals surface area contributed by atoms with Crippen molar-refractivity contribution in [1.82, 2.24) is 5.32 Å². The average Bonchev–Trinajstić information content (AvgIpc) is 2.47. The second kappa shape index (κ2) is 8.10. The first-order valence-electron chi connectivity index (χ1n) is 7.59. The Morgan fingerprint density at radius 3 is 2.75 bits per heavy atom. The maximum Gasteiger partial charge on any atom is 0.171 e. The molecule has 0 bridgehead atoms. The van der Waals surface area contributed by atoms with Crippen LogP contribution in [0.2, 0.25) is 0 Å². The third-order valence-electron chi connectivity index (χ3n) is 3.54. The van der Waals surface area contributed by atoms with Gasteiger partial charge in [-0.25, -0.2) is 0 Å². The van der Waals surface area contributed by atoms with E-state index in [0.29, 0.717) is 11.2 Å². The Morgan fingerprint density at radius 2 is 2.00 bits per heavy atom. The van der Waals surface area contributed by atoms with Gasteiger partial charge in [0.05, 0.1) is 12.3 Å². The Morgan fingerprint density at radius 1 is 1.25 bits per heavy atom. The van der Waals surface area contributed by atoms with Crippen molar-refractivity contribution >= 4 is 23.0 Å². The number of hydrogen-bond acceptors (Lipinski definition) is 2. The van der Waals surface area contributed by atoms with Gasteiger partial charge in [0.25, 0.3) is 0 Å². The van der Waals surface area contributed by atoms with E-state index in [0.717, 1.165) is 24.5 Å². The molecule has 1 aromatic carbocycles. The van der Waals surface area contributed by atoms with Crippen molar-refractivity contribution in [2.24, 2.45) is 0 Å². The van der Waals surface area contributed by atoms with Crippen LogP contribution in [0.15, 0.2) is 24.3 Å². The molecule has 1 aliphatic carbocycles. The summed E-state index contributed by atoms with van der Waals surface area (Å²) in [7, 11) is 0. The lowest BCUT2D eigenvalue weighted by Gasteiger charge is -2.24. The average molecular weight is 292 g/mol. The normalized spacial score (nSPS) is 15.7. The number of ether oxygens (including phenoxy) is 1. The summed E-state index contributed by atoms with van der Waals surface area (Å²) in [6, 6.07) is 8.46. The highest BCUT2D eigenvalue weighted by molar-refractivity contribution is 7.80. The summed E-state index contributed by atoms with van der Waals surface area (Å²) in [4.78, 5) is 0. The number of hydrogen-bond donors (Lipinski definition) is 2. The monoisotopic (exact) mass is 292 g/mol. The maximum absolute atomic E-state index is 5.73. The van der Waals surface area contributed by atoms with E-state index in [-0.39, 0.29) is 0 Å². The van der Waals surface area contributed by atoms with Crippen molar-refractivity contribution < 1.29 is 4.74 Å². The minimum Gasteiger partial charge on any atom is -0.491 e. The molecule has 0 radical (unpaired) electrons. The molecule has 0 heterocycles. The van der Waals surface area contributed by atoms with E-state index in [1.54, 1.807) is 0 Å². The molecule has 4 heteroatoms. The lowest BCUT2D eigenvalue weighted by atomic mass is 9.96. The number of thiocarbonyl (C=S) groups is 1. The summed E-state index contributed by atoms with van der Waals surface area (Å²) in [6.45, 7) is 2.83. The van der Waals surface area contributed by atoms with Crippen molar-refractivity contribution in [3.8, 4) is 5.75 Å². The van der Waals surface area contributed by atoms with Gasteiger partial charge in [-0.05, 0) is 43.6 Å². The van der Waals surface area contributed by atoms with Crippen molar-refractivity contribution in [3.63, 3.8) is 0 Å². The van der Waals surface area contributed by atoms with Gasteiger partial charge in [0, 0.05) is 6.04 Å². The van der Waals surface area contributed by atoms with Crippen LogP contribution in [0.3, 0.4) is 0 Å². The van der Waals surface area contributed by atoms with Crippen molar-refractivity contribution in [2.45, 2.75) is 51.5 Å². The van der Waals surface area contributed by atoms with E-state index in [9.17, 15) is 0 Å². The summed E-state index contributed by atoms with van der Waals surface area (Å²) in [6.07, 6.45) is 7.39. The zero-order valence-electron chi connectivity index (χ0n) is 12.2. The first-order chi connectivity index (χ1) is 9.79. The van der Waals surface area contributed by atoms with Gasteiger partial charge in [0.15, 0.2) is 5.11 Å². The minimum absolute atomic E-state index is 0.521. The van der Waals surface area contributed by atoms with E-state index >= 15 is 0 Å². The highest BCUT2D eigenvalue weighted by Gasteiger charge is 2.14. The smallest absolute Gasteiger partial charge is 0.171 e. The van der Waals surface area contributed by atoms with E-state index in [4.69, 9.17) is 17.0 Å². The molecule has 1 fully saturated rings. The molecule has 1 saturated carbocycles. The summed E-state index contributed by atoms with van der Waals surface area (Å²) >= 11 is 5.41. The van der Waals surface area contributed by atoms with E-state index in [1.165, 1.54) is 32.1 Å². The molecule has 0 aromatic heterocycles. The molecule has 0 amide bonds. The molecule has 20 heavy (non-hydrogen) atoms. The van der Waals surface area contributed by atoms with Crippen LogP contribution in [0.1, 0.15) is 45.4 Å². The third kappa shape index (κ3) is 4.67. The van der Waals surface area contributed by atoms with Crippen LogP contribution in [0.5, 0.6) is 5.75 Å². The highest BCUT2D eigenvalue weighted by atomic mass is 32.1. The molecule has 0 saturated heterocycles. The van der Waals surface area contributed by atoms with Gasteiger partial charge < -0.3 is 15.4 Å². The topological polar surface area (TPSA) is 33.3 Å². The number of para-hydroxylation sites is 2. The van der Waals surface area contributed by atoms with Crippen molar-refractivity contribution in [2.75, 3.05) is 11.9 Å². The Balaban J connectivity index is 1.89. The summed E-state index contributed by atoms with van der Waals surface area (Å²) < 4.78 is 5.73. The van der Waals surface area contributed by atoms with Crippen LogP contribution in [-0.2, 0) is 0 Å². The van der Waals surface area contributed by atoms with Gasteiger partial charge >= 0.3 is 0 Å². The van der Waals surface area contributed by atoms with Gasteiger partial charge in [-0.2, -0.15) is 0 Å². The predicted molar refractivity (Wildman–Crippen MR) is 88.5 cm³/mol. The van der Waals surface area contributed by atoms with Gasteiger partial charge in [0.1, 0.15) is 5.75 Å². The molecular formula is C16H24N2OS. The number of anilines is 1. The van der Waals surface area contributed by atoms with Gasteiger partial charge in [0.2, 0.25) is 0 Å². The molecule has 2 N–H and O–H groups in total. The molecule has 0 aliphatic heterocycles. The zero-order chi connectivity index (χ0) is 14.2. The first-order valence-corrected chi connectivity index (χ1v) is 7.99. The van der Waals surface area contributed by atoms with Crippen LogP contribution in [0, 0.1) is 0 Å². The van der Waals surface area contributed by atoms with Crippen molar-refractivity contribution in [3.05, 3.63) is 24.3 Å². The molecule has 1 aliphatic rings. The van der Waals surface area contributed by atoms with Crippen molar-refractivity contribution in [1.29, 1.82) is 0 Å². The predicted octanol–water partition coefficient (Wildman–Crippen LogP) is 4.09. The Kier molecular flexibility index (Phi) is 6.12. The number of rotatable bonds is 5. The quantitative estimate of drug-likeness (QED) is 0.801. The van der Waals surface area contributed by atoms with Gasteiger partial charge in [-0.3, -0.25) is 0 Å². The third-order valence-corrected chi connectivity index (χ3v) is 3.76. The van der Waals surface area contributed by atoms with Crippen LogP contribution in [0.4, 0.5) is 5.69 Å². The largest absolute Gasteiger partial charge is 0.491 e. The number of benzene rings is 1. The van der Waals surface area contributed by atoms with Crippen LogP contribution < -0.4 is 15.4 Å². The van der Waals surface area contributed by atoms with Crippen LogP contribution in [0.25, 0.3) is 0 Å². The van der Waals surface area contributed by atoms with Gasteiger partial charge in [-0.1, -0.05) is 38.3 Å². The molecule has 0 spiro atoms. The molecule has 1 aromatic rings. The lowest BCUT2D eigenvalue weighted by Crippen LogP contribution is -2.38. The Bertz CT molecular complexity index is 430. The molecule has 0 atom stereocenters. The second-order valence-electron chi connectivity index (χ2n) is 5.28. The van der Waals surface area contributed by atoms with Crippen LogP contribution >= 0.6 is 12.2 Å². The molecule has 110 valence electrons. The fourth-order valence-electron chi connectivity index (χ4n) is 2.50. The summed E-state index contributed by atoms with van der Waals surface area (Å²) in [5, 5.41) is 7.38. The van der Waals surface area contributed by atoms with E-state index in [1.807, 2.05) is 24.3 Å². The highest BCUT2D eigenvalue weighted by Crippen LogP contribution is 2.24. The van der Waals surface area contributed by atoms with E-state index in [2.05, 4.69) is 17.6 Å². The van der Waals surface area contributed by atoms with E-state index < -0.39 is 0 Å². The first kappa shape index (κ1) is 15.1. The Hall–Kier alpha value is -1.29.